The molecule has 4 rings (SSSR count). The van der Waals surface area contributed by atoms with Crippen LogP contribution in [0.25, 0.3) is 11.1 Å². The number of fused-ring (bicyclic) bond motifs is 1. The Labute approximate surface area is 157 Å². The number of aromatic hydroxyl groups is 1. The molecule has 6 nitrogen and oxygen atoms in total. The van der Waals surface area contributed by atoms with Gasteiger partial charge in [-0.25, -0.2) is 0 Å². The Hall–Kier alpha value is -3.28. The van der Waals surface area contributed by atoms with Crippen molar-refractivity contribution in [3.63, 3.8) is 0 Å². The number of phenolic OH excluding ortho intramolecular Hbond substituents is 1. The molecule has 3 aromatic rings. The lowest BCUT2D eigenvalue weighted by Gasteiger charge is -2.19. The number of aryl methyl sites for hydroxylation is 2. The zero-order chi connectivity index (χ0) is 19.0. The Balaban J connectivity index is 1.71. The van der Waals surface area contributed by atoms with Crippen molar-refractivity contribution in [2.24, 2.45) is 0 Å². The van der Waals surface area contributed by atoms with Gasteiger partial charge in [-0.2, -0.15) is 0 Å². The van der Waals surface area contributed by atoms with Crippen molar-refractivity contribution in [2.75, 3.05) is 13.2 Å². The number of nitrogens with zero attached hydrogens (tertiary/aromatic N) is 2. The molecule has 0 spiro atoms. The molecule has 1 amide bonds. The van der Waals surface area contributed by atoms with E-state index in [2.05, 4.69) is 5.16 Å². The molecule has 1 N–H and O–H groups in total. The molecule has 2 aromatic carbocycles. The second-order valence-corrected chi connectivity index (χ2v) is 6.70. The SMILES string of the molecule is Cc1cc(C(=O)N2CCOc3c(O)cc(-c4ccccc4C)cc3C2)no1. The highest BCUT2D eigenvalue weighted by Crippen LogP contribution is 2.38. The summed E-state index contributed by atoms with van der Waals surface area (Å²) in [5.41, 5.74) is 4.07. The topological polar surface area (TPSA) is 75.8 Å². The van der Waals surface area contributed by atoms with Gasteiger partial charge in [0.1, 0.15) is 12.4 Å². The first-order valence-electron chi connectivity index (χ1n) is 8.80. The van der Waals surface area contributed by atoms with Gasteiger partial charge in [0.15, 0.2) is 17.2 Å². The molecular weight excluding hydrogens is 344 g/mol. The first kappa shape index (κ1) is 17.1. The van der Waals surface area contributed by atoms with Gasteiger partial charge in [-0.05, 0) is 42.7 Å². The molecule has 1 aliphatic heterocycles. The molecule has 6 heteroatoms. The third-order valence-corrected chi connectivity index (χ3v) is 4.71. The minimum absolute atomic E-state index is 0.0809. The molecule has 0 saturated heterocycles. The summed E-state index contributed by atoms with van der Waals surface area (Å²) in [6.07, 6.45) is 0. The lowest BCUT2D eigenvalue weighted by molar-refractivity contribution is 0.0722. The van der Waals surface area contributed by atoms with Crippen molar-refractivity contribution in [1.29, 1.82) is 0 Å². The molecule has 0 aliphatic carbocycles. The van der Waals surface area contributed by atoms with Crippen LogP contribution >= 0.6 is 0 Å². The monoisotopic (exact) mass is 364 g/mol. The minimum atomic E-state index is -0.218. The first-order valence-corrected chi connectivity index (χ1v) is 8.80. The summed E-state index contributed by atoms with van der Waals surface area (Å²) in [4.78, 5) is 14.4. The number of carbonyl (C=O) groups excluding carboxylic acids is 1. The zero-order valence-electron chi connectivity index (χ0n) is 15.2. The summed E-state index contributed by atoms with van der Waals surface area (Å²) in [6.45, 7) is 4.80. The molecule has 1 aliphatic rings. The van der Waals surface area contributed by atoms with Crippen LogP contribution < -0.4 is 4.74 Å². The second-order valence-electron chi connectivity index (χ2n) is 6.70. The van der Waals surface area contributed by atoms with Gasteiger partial charge in [0.2, 0.25) is 0 Å². The van der Waals surface area contributed by atoms with E-state index in [9.17, 15) is 9.90 Å². The predicted molar refractivity (Wildman–Crippen MR) is 99.8 cm³/mol. The van der Waals surface area contributed by atoms with E-state index >= 15 is 0 Å². The van der Waals surface area contributed by atoms with Gasteiger partial charge in [-0.15, -0.1) is 0 Å². The molecule has 0 saturated carbocycles. The number of aromatic nitrogens is 1. The van der Waals surface area contributed by atoms with E-state index in [1.807, 2.05) is 37.3 Å². The molecule has 0 atom stereocenters. The quantitative estimate of drug-likeness (QED) is 0.750. The van der Waals surface area contributed by atoms with Crippen molar-refractivity contribution in [3.05, 3.63) is 65.0 Å². The maximum Gasteiger partial charge on any atom is 0.276 e. The predicted octanol–water partition coefficient (Wildman–Crippen LogP) is 3.70. The molecule has 27 heavy (non-hydrogen) atoms. The van der Waals surface area contributed by atoms with Crippen molar-refractivity contribution < 1.29 is 19.2 Å². The largest absolute Gasteiger partial charge is 0.504 e. The number of hydrogen-bond donors (Lipinski definition) is 1. The molecule has 1 aromatic heterocycles. The zero-order valence-corrected chi connectivity index (χ0v) is 15.2. The fourth-order valence-corrected chi connectivity index (χ4v) is 3.35. The van der Waals surface area contributed by atoms with Crippen LogP contribution in [0, 0.1) is 13.8 Å². The molecule has 2 heterocycles. The Morgan fingerprint density at radius 2 is 2.00 bits per heavy atom. The summed E-state index contributed by atoms with van der Waals surface area (Å²) >= 11 is 0. The summed E-state index contributed by atoms with van der Waals surface area (Å²) in [5, 5.41) is 14.3. The third kappa shape index (κ3) is 3.26. The molecule has 0 bridgehead atoms. The highest BCUT2D eigenvalue weighted by Gasteiger charge is 2.25. The lowest BCUT2D eigenvalue weighted by atomic mass is 9.98. The smallest absolute Gasteiger partial charge is 0.276 e. The van der Waals surface area contributed by atoms with Crippen LogP contribution in [0.1, 0.15) is 27.4 Å². The number of ether oxygens (including phenoxy) is 1. The van der Waals surface area contributed by atoms with Crippen LogP contribution in [0.4, 0.5) is 0 Å². The van der Waals surface area contributed by atoms with Gasteiger partial charge in [0.25, 0.3) is 5.91 Å². The summed E-state index contributed by atoms with van der Waals surface area (Å²) in [7, 11) is 0. The number of rotatable bonds is 2. The van der Waals surface area contributed by atoms with E-state index in [1.165, 1.54) is 0 Å². The van der Waals surface area contributed by atoms with Gasteiger partial charge in [-0.1, -0.05) is 29.4 Å². The molecular formula is C21H20N2O4. The van der Waals surface area contributed by atoms with E-state index in [4.69, 9.17) is 9.26 Å². The van der Waals surface area contributed by atoms with Gasteiger partial charge in [-0.3, -0.25) is 4.79 Å². The maximum atomic E-state index is 12.8. The van der Waals surface area contributed by atoms with Crippen LogP contribution in [-0.2, 0) is 6.54 Å². The number of carbonyl (C=O) groups is 1. The summed E-state index contributed by atoms with van der Waals surface area (Å²) in [6, 6.07) is 13.3. The molecule has 0 fully saturated rings. The Bertz CT molecular complexity index is 1010. The van der Waals surface area contributed by atoms with E-state index < -0.39 is 0 Å². The second kappa shape index (κ2) is 6.79. The standard InChI is InChI=1S/C21H20N2O4/c1-13-5-3-4-6-17(13)15-10-16-12-23(7-8-26-20(16)19(24)11-15)21(25)18-9-14(2)27-22-18/h3-6,9-11,24H,7-8,12H2,1-2H3. The van der Waals surface area contributed by atoms with E-state index in [0.29, 0.717) is 31.2 Å². The van der Waals surface area contributed by atoms with E-state index in [1.54, 1.807) is 24.0 Å². The molecule has 138 valence electrons. The summed E-state index contributed by atoms with van der Waals surface area (Å²) in [5.74, 6) is 0.879. The van der Waals surface area contributed by atoms with Gasteiger partial charge < -0.3 is 19.3 Å². The maximum absolute atomic E-state index is 12.8. The number of hydrogen-bond acceptors (Lipinski definition) is 5. The van der Waals surface area contributed by atoms with Gasteiger partial charge in [0, 0.05) is 18.2 Å². The molecule has 0 unspecified atom stereocenters. The average molecular weight is 364 g/mol. The fraction of sp³-hybridized carbons (Fsp3) is 0.238. The van der Waals surface area contributed by atoms with Gasteiger partial charge >= 0.3 is 0 Å². The normalized spacial score (nSPS) is 13.6. The number of benzene rings is 2. The minimum Gasteiger partial charge on any atom is -0.504 e. The van der Waals surface area contributed by atoms with Crippen LogP contribution in [0.2, 0.25) is 0 Å². The highest BCUT2D eigenvalue weighted by atomic mass is 16.5. The Morgan fingerprint density at radius 3 is 2.74 bits per heavy atom. The van der Waals surface area contributed by atoms with Crippen molar-refractivity contribution >= 4 is 5.91 Å². The average Bonchev–Trinajstić information content (AvgIpc) is 2.96. The van der Waals surface area contributed by atoms with E-state index in [0.717, 1.165) is 22.3 Å². The van der Waals surface area contributed by atoms with Crippen molar-refractivity contribution in [2.45, 2.75) is 20.4 Å². The summed E-state index contributed by atoms with van der Waals surface area (Å²) < 4.78 is 10.8. The van der Waals surface area contributed by atoms with Crippen LogP contribution in [0.5, 0.6) is 11.5 Å². The Morgan fingerprint density at radius 1 is 1.19 bits per heavy atom. The lowest BCUT2D eigenvalue weighted by Crippen LogP contribution is -2.32. The Kier molecular flexibility index (Phi) is 4.32. The van der Waals surface area contributed by atoms with E-state index in [-0.39, 0.29) is 17.4 Å². The van der Waals surface area contributed by atoms with Crippen LogP contribution in [-0.4, -0.2) is 34.2 Å². The number of phenols is 1. The third-order valence-electron chi connectivity index (χ3n) is 4.71. The van der Waals surface area contributed by atoms with Crippen LogP contribution in [0.3, 0.4) is 0 Å². The van der Waals surface area contributed by atoms with Gasteiger partial charge in [0.05, 0.1) is 6.54 Å². The van der Waals surface area contributed by atoms with Crippen LogP contribution in [0.15, 0.2) is 47.0 Å². The highest BCUT2D eigenvalue weighted by molar-refractivity contribution is 5.92. The van der Waals surface area contributed by atoms with Crippen molar-refractivity contribution in [3.8, 4) is 22.6 Å². The molecule has 0 radical (unpaired) electrons. The fourth-order valence-electron chi connectivity index (χ4n) is 3.35. The first-order chi connectivity index (χ1) is 13.0. The van der Waals surface area contributed by atoms with Crippen molar-refractivity contribution in [1.82, 2.24) is 10.1 Å². The number of amides is 1.